The van der Waals surface area contributed by atoms with Gasteiger partial charge in [0.1, 0.15) is 11.6 Å². The summed E-state index contributed by atoms with van der Waals surface area (Å²) in [5.74, 6) is 1.99. The van der Waals surface area contributed by atoms with E-state index in [4.69, 9.17) is 25.4 Å². The van der Waals surface area contributed by atoms with E-state index in [2.05, 4.69) is 0 Å². The number of nitrogens with zero attached hydrogens (tertiary/aromatic N) is 1. The monoisotopic (exact) mass is 455 g/mol. The smallest absolute Gasteiger partial charge is 0.254 e. The molecule has 3 N–H and O–H groups in total. The summed E-state index contributed by atoms with van der Waals surface area (Å²) in [5.41, 5.74) is 6.73. The fourth-order valence-corrected chi connectivity index (χ4v) is 3.62. The molecule has 0 atom stereocenters. The van der Waals surface area contributed by atoms with Gasteiger partial charge in [-0.2, -0.15) is 0 Å². The van der Waals surface area contributed by atoms with Gasteiger partial charge in [-0.25, -0.2) is 0 Å². The number of hydrogen-bond acceptors (Lipinski definition) is 5. The lowest BCUT2D eigenvalue weighted by Gasteiger charge is -2.31. The first kappa shape index (κ1) is 26.0. The molecule has 33 heavy (non-hydrogen) atoms. The zero-order valence-electron chi connectivity index (χ0n) is 20.4. The van der Waals surface area contributed by atoms with Gasteiger partial charge >= 0.3 is 0 Å². The Hall–Kier alpha value is -3.22. The average molecular weight is 456 g/mol. The number of nitrogen functional groups attached to an aromatic ring is 1. The number of hydrogen-bond donors (Lipinski definition) is 2. The summed E-state index contributed by atoms with van der Waals surface area (Å²) in [5, 5.41) is 7.41. The molecule has 0 unspecified atom stereocenters. The summed E-state index contributed by atoms with van der Waals surface area (Å²) in [6, 6.07) is 12.8. The summed E-state index contributed by atoms with van der Waals surface area (Å²) in [6.45, 7) is 9.20. The van der Waals surface area contributed by atoms with Gasteiger partial charge in [-0.05, 0) is 89.4 Å². The van der Waals surface area contributed by atoms with E-state index < -0.39 is 0 Å². The maximum Gasteiger partial charge on any atom is 0.254 e. The number of ether oxygens (including phenoxy) is 3. The number of unbranched alkanes of at least 4 members (excludes halogenated alkanes) is 2. The van der Waals surface area contributed by atoms with Crippen LogP contribution >= 0.6 is 0 Å². The van der Waals surface area contributed by atoms with Crippen LogP contribution in [0.15, 0.2) is 42.5 Å². The number of nitrogens with one attached hydrogen (secondary N) is 1. The highest BCUT2D eigenvalue weighted by Crippen LogP contribution is 2.29. The summed E-state index contributed by atoms with van der Waals surface area (Å²) < 4.78 is 17.1. The number of methoxy groups -OCH3 is 1. The van der Waals surface area contributed by atoms with Crippen molar-refractivity contribution < 1.29 is 19.0 Å². The van der Waals surface area contributed by atoms with Gasteiger partial charge < -0.3 is 24.8 Å². The lowest BCUT2D eigenvalue weighted by Crippen LogP contribution is -2.42. The van der Waals surface area contributed by atoms with Crippen molar-refractivity contribution in [3.8, 4) is 17.2 Å². The van der Waals surface area contributed by atoms with E-state index in [1.807, 2.05) is 44.7 Å². The Labute approximate surface area is 197 Å². The van der Waals surface area contributed by atoms with Gasteiger partial charge in [-0.1, -0.05) is 0 Å². The maximum atomic E-state index is 13.0. The molecule has 0 aromatic heterocycles. The third-order valence-electron chi connectivity index (χ3n) is 5.24. The van der Waals surface area contributed by atoms with E-state index in [0.717, 1.165) is 25.0 Å². The largest absolute Gasteiger partial charge is 0.494 e. The van der Waals surface area contributed by atoms with Gasteiger partial charge in [0.15, 0.2) is 11.5 Å². The minimum absolute atomic E-state index is 0.0130. The Kier molecular flexibility index (Phi) is 10.0. The molecule has 2 aromatic rings. The highest BCUT2D eigenvalue weighted by Gasteiger charge is 2.22. The van der Waals surface area contributed by atoms with Crippen molar-refractivity contribution in [3.05, 3.63) is 53.6 Å². The third-order valence-corrected chi connectivity index (χ3v) is 5.24. The van der Waals surface area contributed by atoms with E-state index in [-0.39, 0.29) is 23.8 Å². The fourth-order valence-electron chi connectivity index (χ4n) is 3.62. The molecule has 180 valence electrons. The second-order valence-corrected chi connectivity index (χ2v) is 8.46. The van der Waals surface area contributed by atoms with Crippen LogP contribution in [0.1, 0.15) is 62.9 Å². The van der Waals surface area contributed by atoms with E-state index in [0.29, 0.717) is 35.8 Å². The molecular weight excluding hydrogens is 418 g/mol. The Balaban J connectivity index is 1.82. The normalized spacial score (nSPS) is 10.9. The van der Waals surface area contributed by atoms with Crippen molar-refractivity contribution in [1.82, 2.24) is 4.90 Å². The highest BCUT2D eigenvalue weighted by molar-refractivity contribution is 5.95. The quantitative estimate of drug-likeness (QED) is 0.255. The van der Waals surface area contributed by atoms with E-state index in [1.165, 1.54) is 0 Å². The van der Waals surface area contributed by atoms with Crippen molar-refractivity contribution in [1.29, 1.82) is 5.41 Å². The van der Waals surface area contributed by atoms with Crippen LogP contribution in [-0.2, 0) is 0 Å². The number of amides is 1. The Bertz CT molecular complexity index is 902. The molecule has 0 radical (unpaired) electrons. The summed E-state index contributed by atoms with van der Waals surface area (Å²) >= 11 is 0. The van der Waals surface area contributed by atoms with Crippen LogP contribution < -0.4 is 19.9 Å². The molecule has 0 saturated carbocycles. The van der Waals surface area contributed by atoms with Crippen molar-refractivity contribution in [2.75, 3.05) is 20.3 Å². The molecule has 0 heterocycles. The van der Waals surface area contributed by atoms with Crippen molar-refractivity contribution >= 4 is 11.7 Å². The van der Waals surface area contributed by atoms with Crippen LogP contribution in [0.25, 0.3) is 0 Å². The molecule has 0 bridgehead atoms. The predicted molar refractivity (Wildman–Crippen MR) is 132 cm³/mol. The number of nitrogens with two attached hydrogens (primary N) is 1. The van der Waals surface area contributed by atoms with Gasteiger partial charge in [0.2, 0.25) is 0 Å². The maximum absolute atomic E-state index is 13.0. The van der Waals surface area contributed by atoms with Gasteiger partial charge in [-0.15, -0.1) is 0 Å². The summed E-state index contributed by atoms with van der Waals surface area (Å²) in [7, 11) is 1.60. The van der Waals surface area contributed by atoms with Crippen LogP contribution in [0.4, 0.5) is 0 Å². The number of rotatable bonds is 13. The van der Waals surface area contributed by atoms with Crippen LogP contribution in [-0.4, -0.2) is 49.0 Å². The number of carbonyl (C=O) groups excluding carboxylic acids is 1. The second kappa shape index (κ2) is 12.7. The zero-order valence-corrected chi connectivity index (χ0v) is 20.4. The number of amidine groups is 1. The SMILES string of the molecule is COc1ccc(C(=O)N(C(C)C)C(C)C)cc1OCCCCCOc1ccc(C(=N)N)cc1. The van der Waals surface area contributed by atoms with E-state index >= 15 is 0 Å². The third kappa shape index (κ3) is 7.70. The Morgan fingerprint density at radius 1 is 0.879 bits per heavy atom. The molecule has 1 amide bonds. The Morgan fingerprint density at radius 2 is 1.45 bits per heavy atom. The second-order valence-electron chi connectivity index (χ2n) is 8.46. The fraction of sp³-hybridized carbons (Fsp3) is 0.462. The molecule has 0 spiro atoms. The van der Waals surface area contributed by atoms with Crippen molar-refractivity contribution in [2.45, 2.75) is 59.0 Å². The predicted octanol–water partition coefficient (Wildman–Crippen LogP) is 4.87. The zero-order chi connectivity index (χ0) is 24.4. The molecule has 7 nitrogen and oxygen atoms in total. The molecule has 0 aliphatic carbocycles. The molecule has 2 aromatic carbocycles. The molecule has 0 fully saturated rings. The summed E-state index contributed by atoms with van der Waals surface area (Å²) in [4.78, 5) is 14.9. The van der Waals surface area contributed by atoms with Crippen molar-refractivity contribution in [2.24, 2.45) is 5.73 Å². The van der Waals surface area contributed by atoms with Gasteiger partial charge in [-0.3, -0.25) is 10.2 Å². The first-order valence-electron chi connectivity index (χ1n) is 11.4. The first-order chi connectivity index (χ1) is 15.7. The standard InChI is InChI=1S/C26H37N3O4/c1-18(2)29(19(3)4)26(30)21-11-14-23(31-5)24(17-21)33-16-8-6-7-15-32-22-12-9-20(10-13-22)25(27)28/h9-14,17-19H,6-8,15-16H2,1-5H3,(H3,27,28). The molecule has 7 heteroatoms. The van der Waals surface area contributed by atoms with Gasteiger partial charge in [0, 0.05) is 23.2 Å². The topological polar surface area (TPSA) is 97.9 Å². The molecule has 0 aliphatic heterocycles. The number of benzene rings is 2. The van der Waals surface area contributed by atoms with Crippen LogP contribution in [0, 0.1) is 5.41 Å². The lowest BCUT2D eigenvalue weighted by atomic mass is 10.1. The lowest BCUT2D eigenvalue weighted by molar-refractivity contribution is 0.0643. The van der Waals surface area contributed by atoms with Gasteiger partial charge in [0.05, 0.1) is 20.3 Å². The Morgan fingerprint density at radius 3 is 2.00 bits per heavy atom. The highest BCUT2D eigenvalue weighted by atomic mass is 16.5. The first-order valence-corrected chi connectivity index (χ1v) is 11.4. The van der Waals surface area contributed by atoms with Gasteiger partial charge in [0.25, 0.3) is 5.91 Å². The minimum Gasteiger partial charge on any atom is -0.494 e. The van der Waals surface area contributed by atoms with E-state index in [1.54, 1.807) is 37.4 Å². The van der Waals surface area contributed by atoms with Crippen molar-refractivity contribution in [3.63, 3.8) is 0 Å². The molecular formula is C26H37N3O4. The van der Waals surface area contributed by atoms with Crippen LogP contribution in [0.3, 0.4) is 0 Å². The molecule has 0 aliphatic rings. The summed E-state index contributed by atoms with van der Waals surface area (Å²) in [6.07, 6.45) is 2.70. The van der Waals surface area contributed by atoms with Crippen LogP contribution in [0.2, 0.25) is 0 Å². The number of carbonyl (C=O) groups is 1. The average Bonchev–Trinajstić information content (AvgIpc) is 2.78. The van der Waals surface area contributed by atoms with E-state index in [9.17, 15) is 4.79 Å². The van der Waals surface area contributed by atoms with Crippen LogP contribution in [0.5, 0.6) is 17.2 Å². The minimum atomic E-state index is -0.0130. The molecule has 0 saturated heterocycles. The molecule has 2 rings (SSSR count).